The first-order valence-corrected chi connectivity index (χ1v) is 37.4. The Hall–Kier alpha value is 0.550. The van der Waals surface area contributed by atoms with E-state index in [1.807, 2.05) is 26.8 Å². The standard InChI is InChI=1S/C14H18Br3NO4S.C13H16Br3NO3S.C11H10Br3NO3S.C8H7Br3O2S/c15-14(16,17)23(21,22)12-7-5-6-11(10-12)13(20)18-8-3-1-2-4-9-19;1-3-10(4-2)17-12(18)9-6-5-7-11(8-9)21(19,20)13(14,15)16;1-2-6-15-10(16)8-4-3-5-9(7-8)19(17,18)11(12,13)14;1-6-3-2-4-7(5-6)14(12,13)8(9,10)11/h5-7,10,19H,1-4,8-9H2,(H,18,20);5-8,10H,3-4H2,1-2H3,(H,17,18);2-5,7H,1,6H2,(H,15,16);2-5H,1H3. The summed E-state index contributed by atoms with van der Waals surface area (Å²) in [5, 5.41) is 16.9. The number of carbonyl (C=O) groups is 3. The largest absolute Gasteiger partial charge is 0.396 e. The van der Waals surface area contributed by atoms with Crippen molar-refractivity contribution in [3.8, 4) is 0 Å². The van der Waals surface area contributed by atoms with Gasteiger partial charge in [-0.05, 0) is 296 Å². The molecule has 15 nitrogen and oxygen atoms in total. The SMILES string of the molecule is C=CCNC(=O)c1cccc(S(=O)(=O)C(Br)(Br)Br)c1.CCC(CC)NC(=O)c1cccc(S(=O)(=O)C(Br)(Br)Br)c1.Cc1cccc(S(=O)(=O)C(Br)(Br)Br)c1.O=C(NCCCCCCO)c1cccc(S(=O)(=O)C(Br)(Br)Br)c1. The highest BCUT2D eigenvalue weighted by Gasteiger charge is 2.40. The van der Waals surface area contributed by atoms with Gasteiger partial charge < -0.3 is 21.1 Å². The lowest BCUT2D eigenvalue weighted by Crippen LogP contribution is -2.33. The molecular weight excluding hydrogens is 1870 g/mol. The van der Waals surface area contributed by atoms with E-state index in [-0.39, 0.29) is 61.1 Å². The van der Waals surface area contributed by atoms with Gasteiger partial charge >= 0.3 is 0 Å². The summed E-state index contributed by atoms with van der Waals surface area (Å²) in [7, 11) is -14.6. The Labute approximate surface area is 552 Å². The van der Waals surface area contributed by atoms with Gasteiger partial charge in [0.2, 0.25) is 45.2 Å². The van der Waals surface area contributed by atoms with Gasteiger partial charge in [-0.2, -0.15) is 0 Å². The molecular formula is C46H51Br12N3O12S4. The second-order valence-corrected chi connectivity index (χ2v) is 57.3. The van der Waals surface area contributed by atoms with E-state index in [1.54, 1.807) is 42.5 Å². The number of aliphatic hydroxyl groups excluding tert-OH is 1. The maximum absolute atomic E-state index is 12.3. The third-order valence-electron chi connectivity index (χ3n) is 9.84. The summed E-state index contributed by atoms with van der Waals surface area (Å²) in [6.45, 7) is 10.3. The molecule has 0 fully saturated rings. The lowest BCUT2D eigenvalue weighted by Gasteiger charge is -2.16. The van der Waals surface area contributed by atoms with Crippen LogP contribution in [0.2, 0.25) is 0 Å². The van der Waals surface area contributed by atoms with Gasteiger partial charge in [-0.3, -0.25) is 14.4 Å². The first kappa shape index (κ1) is 75.6. The molecule has 4 aromatic rings. The minimum atomic E-state index is -3.72. The predicted octanol–water partition coefficient (Wildman–Crippen LogP) is 14.5. The zero-order valence-corrected chi connectivity index (χ0v) is 62.9. The van der Waals surface area contributed by atoms with E-state index < -0.39 is 45.2 Å². The molecule has 0 bridgehead atoms. The molecule has 0 aromatic heterocycles. The number of amides is 3. The monoisotopic (exact) mass is 1910 g/mol. The summed E-state index contributed by atoms with van der Waals surface area (Å²) in [5.74, 6) is -0.945. The van der Waals surface area contributed by atoms with E-state index in [9.17, 15) is 48.1 Å². The number of benzene rings is 4. The molecule has 77 heavy (non-hydrogen) atoms. The quantitative estimate of drug-likeness (QED) is 0.0413. The van der Waals surface area contributed by atoms with Crippen molar-refractivity contribution >= 4 is 248 Å². The van der Waals surface area contributed by atoms with E-state index in [0.717, 1.165) is 44.1 Å². The summed E-state index contributed by atoms with van der Waals surface area (Å²) >= 11 is 35.9. The van der Waals surface area contributed by atoms with Gasteiger partial charge in [0.1, 0.15) is 0 Å². The van der Waals surface area contributed by atoms with Gasteiger partial charge in [0, 0.05) is 42.4 Å². The molecule has 4 aromatic carbocycles. The van der Waals surface area contributed by atoms with Crippen LogP contribution in [0.1, 0.15) is 89.0 Å². The van der Waals surface area contributed by atoms with Crippen LogP contribution in [-0.2, 0) is 39.3 Å². The van der Waals surface area contributed by atoms with Gasteiger partial charge in [0.05, 0.1) is 19.6 Å². The Kier molecular flexibility index (Phi) is 33.3. The van der Waals surface area contributed by atoms with Crippen LogP contribution >= 0.6 is 191 Å². The minimum Gasteiger partial charge on any atom is -0.396 e. The predicted molar refractivity (Wildman–Crippen MR) is 350 cm³/mol. The first-order valence-electron chi connectivity index (χ1n) is 22.0. The van der Waals surface area contributed by atoms with Crippen molar-refractivity contribution in [3.05, 3.63) is 132 Å². The Bertz CT molecular complexity index is 3090. The highest BCUT2D eigenvalue weighted by atomic mass is 80.0. The maximum atomic E-state index is 12.3. The molecule has 0 atom stereocenters. The summed E-state index contributed by atoms with van der Waals surface area (Å²) in [6.07, 6.45) is 6.62. The van der Waals surface area contributed by atoms with Crippen molar-refractivity contribution in [2.75, 3.05) is 19.7 Å². The molecule has 0 radical (unpaired) electrons. The zero-order chi connectivity index (χ0) is 59.4. The Balaban J connectivity index is 0.000000520. The van der Waals surface area contributed by atoms with E-state index >= 15 is 0 Å². The van der Waals surface area contributed by atoms with Crippen LogP contribution in [0.25, 0.3) is 0 Å². The molecule has 0 aliphatic carbocycles. The van der Waals surface area contributed by atoms with Crippen LogP contribution < -0.4 is 16.0 Å². The van der Waals surface area contributed by atoms with Crippen LogP contribution in [0.4, 0.5) is 0 Å². The smallest absolute Gasteiger partial charge is 0.251 e. The van der Waals surface area contributed by atoms with E-state index in [1.165, 1.54) is 54.6 Å². The summed E-state index contributed by atoms with van der Waals surface area (Å²) in [5.41, 5.74) is 1.78. The van der Waals surface area contributed by atoms with Crippen molar-refractivity contribution in [2.24, 2.45) is 0 Å². The van der Waals surface area contributed by atoms with Crippen molar-refractivity contribution in [2.45, 2.75) is 90.8 Å². The number of carbonyl (C=O) groups excluding carboxylic acids is 3. The number of unbranched alkanes of at least 4 members (excludes halogenated alkanes) is 3. The number of aryl methyl sites for hydroxylation is 1. The van der Waals surface area contributed by atoms with Crippen LogP contribution in [0.3, 0.4) is 0 Å². The highest BCUT2D eigenvalue weighted by molar-refractivity contribution is 9.43. The van der Waals surface area contributed by atoms with Gasteiger partial charge in [0.25, 0.3) is 17.7 Å². The molecule has 31 heteroatoms. The number of aliphatic hydroxyl groups is 1. The number of hydrogen-bond acceptors (Lipinski definition) is 12. The van der Waals surface area contributed by atoms with Crippen molar-refractivity contribution in [1.82, 2.24) is 16.0 Å². The molecule has 0 saturated carbocycles. The highest BCUT2D eigenvalue weighted by Crippen LogP contribution is 2.46. The molecule has 0 spiro atoms. The van der Waals surface area contributed by atoms with Gasteiger partial charge in [-0.25, -0.2) is 33.7 Å². The molecule has 4 rings (SSSR count). The third kappa shape index (κ3) is 24.2. The van der Waals surface area contributed by atoms with Crippen LogP contribution in [0, 0.1) is 6.92 Å². The topological polar surface area (TPSA) is 244 Å². The second-order valence-electron chi connectivity index (χ2n) is 15.6. The summed E-state index contributed by atoms with van der Waals surface area (Å²) in [4.78, 5) is 36.3. The van der Waals surface area contributed by atoms with E-state index in [0.29, 0.717) is 18.7 Å². The molecule has 0 saturated heterocycles. The fourth-order valence-corrected chi connectivity index (χ4v) is 15.7. The van der Waals surface area contributed by atoms with Crippen molar-refractivity contribution < 1.29 is 53.2 Å². The lowest BCUT2D eigenvalue weighted by molar-refractivity contribution is 0.0930. The molecule has 0 unspecified atom stereocenters. The molecule has 4 N–H and O–H groups in total. The summed E-state index contributed by atoms with van der Waals surface area (Å²) in [6, 6.07) is 24.4. The molecule has 3 amide bonds. The number of sulfone groups is 4. The van der Waals surface area contributed by atoms with Crippen LogP contribution in [0.15, 0.2) is 129 Å². The number of halogens is 12. The fraction of sp³-hybridized carbons (Fsp3) is 0.370. The normalized spacial score (nSPS) is 12.3. The van der Waals surface area contributed by atoms with Crippen LogP contribution in [-0.4, -0.2) is 88.1 Å². The Morgan fingerprint density at radius 2 is 0.831 bits per heavy atom. The lowest BCUT2D eigenvalue weighted by atomic mass is 10.1. The zero-order valence-electron chi connectivity index (χ0n) is 40.6. The average Bonchev–Trinajstić information content (AvgIpc) is 3.35. The number of alkyl halides is 12. The Morgan fingerprint density at radius 1 is 0.506 bits per heavy atom. The molecule has 0 aliphatic heterocycles. The van der Waals surface area contributed by atoms with E-state index in [4.69, 9.17) is 5.11 Å². The van der Waals surface area contributed by atoms with Crippen LogP contribution in [0.5, 0.6) is 0 Å². The number of rotatable bonds is 18. The summed E-state index contributed by atoms with van der Waals surface area (Å²) < 4.78 is 91.5. The van der Waals surface area contributed by atoms with Crippen molar-refractivity contribution in [3.63, 3.8) is 0 Å². The molecule has 0 heterocycles. The third-order valence-corrected chi connectivity index (χ3v) is 31.1. The van der Waals surface area contributed by atoms with Gasteiger partial charge in [-0.15, -0.1) is 6.58 Å². The average molecular weight is 1930 g/mol. The Morgan fingerprint density at radius 3 is 1.16 bits per heavy atom. The van der Waals surface area contributed by atoms with Gasteiger partial charge in [0.15, 0.2) is 0 Å². The maximum Gasteiger partial charge on any atom is 0.251 e. The van der Waals surface area contributed by atoms with Crippen molar-refractivity contribution in [1.29, 1.82) is 0 Å². The number of hydrogen-bond donors (Lipinski definition) is 4. The number of nitrogens with one attached hydrogen (secondary N) is 3. The fourth-order valence-electron chi connectivity index (χ4n) is 5.65. The van der Waals surface area contributed by atoms with E-state index in [2.05, 4.69) is 214 Å². The molecule has 430 valence electrons. The second kappa shape index (κ2) is 33.9. The minimum absolute atomic E-state index is 0.0179. The molecule has 0 aliphatic rings. The van der Waals surface area contributed by atoms with Gasteiger partial charge in [-0.1, -0.05) is 63.1 Å². The first-order chi connectivity index (χ1) is 35.3.